The van der Waals surface area contributed by atoms with Crippen LogP contribution >= 0.6 is 23.2 Å². The molecular weight excluding hydrogens is 516 g/mol. The Morgan fingerprint density at radius 1 is 1.19 bits per heavy atom. The van der Waals surface area contributed by atoms with E-state index in [1.54, 1.807) is 19.1 Å². The Morgan fingerprint density at radius 3 is 2.38 bits per heavy atom. The van der Waals surface area contributed by atoms with Crippen molar-refractivity contribution in [3.8, 4) is 0 Å². The van der Waals surface area contributed by atoms with Gasteiger partial charge in [0.25, 0.3) is 0 Å². The van der Waals surface area contributed by atoms with Crippen molar-refractivity contribution in [2.24, 2.45) is 17.3 Å². The topological polar surface area (TPSA) is 90.5 Å². The van der Waals surface area contributed by atoms with Crippen LogP contribution < -0.4 is 16.0 Å². The summed E-state index contributed by atoms with van der Waals surface area (Å²) in [7, 11) is 0. The van der Waals surface area contributed by atoms with Crippen molar-refractivity contribution in [1.82, 2.24) is 16.0 Å². The van der Waals surface area contributed by atoms with Gasteiger partial charge in [-0.3, -0.25) is 9.59 Å². The second-order valence-corrected chi connectivity index (χ2v) is 10.6. The Morgan fingerprint density at radius 2 is 1.84 bits per heavy atom. The molecule has 0 aromatic heterocycles. The third kappa shape index (κ3) is 25.2. The van der Waals surface area contributed by atoms with Gasteiger partial charge in [-0.1, -0.05) is 81.8 Å². The number of carbonyl (C=O) groups is 2. The van der Waals surface area contributed by atoms with E-state index < -0.39 is 5.83 Å². The molecule has 1 aliphatic rings. The molecular formula is C28H44Cl2FN3O3. The number of allylic oxidation sites excluding steroid dienone is 10. The van der Waals surface area contributed by atoms with Gasteiger partial charge in [0.1, 0.15) is 5.83 Å². The van der Waals surface area contributed by atoms with Gasteiger partial charge < -0.3 is 21.1 Å². The Balaban J connectivity index is 0. The van der Waals surface area contributed by atoms with E-state index in [1.165, 1.54) is 12.2 Å². The van der Waals surface area contributed by atoms with Gasteiger partial charge in [0.05, 0.1) is 5.03 Å². The number of rotatable bonds is 13. The highest BCUT2D eigenvalue weighted by Crippen LogP contribution is 2.24. The lowest BCUT2D eigenvalue weighted by atomic mass is 9.92. The van der Waals surface area contributed by atoms with Gasteiger partial charge in [0, 0.05) is 30.4 Å². The highest BCUT2D eigenvalue weighted by atomic mass is 35.5. The molecule has 210 valence electrons. The molecule has 1 aliphatic heterocycles. The van der Waals surface area contributed by atoms with Crippen molar-refractivity contribution in [1.29, 1.82) is 0 Å². The largest absolute Gasteiger partial charge is 0.396 e. The van der Waals surface area contributed by atoms with Crippen LogP contribution in [-0.2, 0) is 9.59 Å². The Hall–Kier alpha value is -2.19. The Bertz CT molecular complexity index is 810. The first-order valence-electron chi connectivity index (χ1n) is 12.1. The summed E-state index contributed by atoms with van der Waals surface area (Å²) in [6.07, 6.45) is 14.5. The van der Waals surface area contributed by atoms with Crippen molar-refractivity contribution in [2.75, 3.05) is 26.2 Å². The SMILES string of the molecule is C=C/C(Cl)=C\C=C/C[C@H]1CNC[C@H]1/C=C/C(F)=C(Cl)\C=C(/C)NC=O.CC(C)(C)C.O=CNCCCO. The van der Waals surface area contributed by atoms with Gasteiger partial charge in [0.15, 0.2) is 0 Å². The van der Waals surface area contributed by atoms with E-state index in [2.05, 4.69) is 50.2 Å². The van der Waals surface area contributed by atoms with Crippen molar-refractivity contribution >= 4 is 36.0 Å². The molecule has 0 aliphatic carbocycles. The summed E-state index contributed by atoms with van der Waals surface area (Å²) in [6, 6.07) is 0. The maximum absolute atomic E-state index is 14.0. The van der Waals surface area contributed by atoms with Crippen LogP contribution in [0.25, 0.3) is 0 Å². The Kier molecular flexibility index (Phi) is 22.9. The predicted octanol–water partition coefficient (Wildman–Crippen LogP) is 5.87. The van der Waals surface area contributed by atoms with Crippen LogP contribution in [0.15, 0.2) is 70.7 Å². The molecule has 0 saturated carbocycles. The summed E-state index contributed by atoms with van der Waals surface area (Å²) in [5, 5.41) is 16.8. The second-order valence-electron chi connectivity index (χ2n) is 9.80. The zero-order valence-electron chi connectivity index (χ0n) is 22.7. The van der Waals surface area contributed by atoms with Crippen LogP contribution in [-0.4, -0.2) is 44.2 Å². The van der Waals surface area contributed by atoms with Crippen LogP contribution in [0.5, 0.6) is 0 Å². The number of nitrogens with one attached hydrogen (secondary N) is 3. The first-order chi connectivity index (χ1) is 17.4. The minimum Gasteiger partial charge on any atom is -0.396 e. The molecule has 1 fully saturated rings. The lowest BCUT2D eigenvalue weighted by molar-refractivity contribution is -0.110. The maximum Gasteiger partial charge on any atom is 0.211 e. The predicted molar refractivity (Wildman–Crippen MR) is 155 cm³/mol. The summed E-state index contributed by atoms with van der Waals surface area (Å²) in [4.78, 5) is 19.8. The molecule has 0 radical (unpaired) electrons. The lowest BCUT2D eigenvalue weighted by Gasteiger charge is -2.12. The molecule has 6 nitrogen and oxygen atoms in total. The van der Waals surface area contributed by atoms with E-state index >= 15 is 0 Å². The van der Waals surface area contributed by atoms with E-state index in [4.69, 9.17) is 28.3 Å². The van der Waals surface area contributed by atoms with Crippen molar-refractivity contribution < 1.29 is 19.1 Å². The average molecular weight is 561 g/mol. The van der Waals surface area contributed by atoms with Gasteiger partial charge in [-0.05, 0) is 61.8 Å². The fourth-order valence-electron chi connectivity index (χ4n) is 2.64. The molecule has 0 bridgehead atoms. The highest BCUT2D eigenvalue weighted by Gasteiger charge is 2.23. The Labute approximate surface area is 232 Å². The highest BCUT2D eigenvalue weighted by molar-refractivity contribution is 6.31. The van der Waals surface area contributed by atoms with E-state index in [-0.39, 0.29) is 17.6 Å². The first-order valence-corrected chi connectivity index (χ1v) is 12.9. The number of carbonyl (C=O) groups excluding carboxylic acids is 2. The third-order valence-electron chi connectivity index (χ3n) is 4.33. The maximum atomic E-state index is 14.0. The summed E-state index contributed by atoms with van der Waals surface area (Å²) in [5.41, 5.74) is 0.973. The fourth-order valence-corrected chi connectivity index (χ4v) is 2.94. The number of hydrogen-bond acceptors (Lipinski definition) is 4. The lowest BCUT2D eigenvalue weighted by Crippen LogP contribution is -2.12. The molecule has 1 heterocycles. The zero-order chi connectivity index (χ0) is 28.7. The molecule has 0 unspecified atom stereocenters. The third-order valence-corrected chi connectivity index (χ3v) is 4.90. The molecule has 0 spiro atoms. The number of halogens is 3. The molecule has 1 rings (SSSR count). The molecule has 2 atom stereocenters. The van der Waals surface area contributed by atoms with Crippen LogP contribution in [0.2, 0.25) is 0 Å². The smallest absolute Gasteiger partial charge is 0.211 e. The van der Waals surface area contributed by atoms with E-state index in [0.29, 0.717) is 47.8 Å². The fraction of sp³-hybridized carbons (Fsp3) is 0.500. The minimum atomic E-state index is -0.532. The number of aliphatic hydroxyl groups excluding tert-OH is 1. The standard InChI is InChI=1S/C19H23Cl2FN2O.C5H12.C4H9NO2/c1-3-17(20)7-5-4-6-15-11-23-12-16(15)8-9-19(22)18(21)10-14(2)24-13-25;1-5(2,3)4;6-3-1-2-5-4-7/h3-5,7-10,13,15-16,23H,1,6,11-12H2,2H3,(H,24,25);1-4H3;4,6H,1-3H2,(H,5,7)/b5-4-,9-8+,14-10+,17-7+,19-18-;;/t15-,16+;;/m0../s1. The van der Waals surface area contributed by atoms with Crippen LogP contribution in [0.3, 0.4) is 0 Å². The summed E-state index contributed by atoms with van der Waals surface area (Å²) in [5.74, 6) is 0.0662. The normalized spacial score (nSPS) is 18.8. The monoisotopic (exact) mass is 559 g/mol. The average Bonchev–Trinajstić information content (AvgIpc) is 3.27. The second kappa shape index (κ2) is 23.0. The summed E-state index contributed by atoms with van der Waals surface area (Å²) in [6.45, 7) is 16.3. The van der Waals surface area contributed by atoms with E-state index in [1.807, 2.05) is 18.2 Å². The first kappa shape index (κ1) is 37.0. The van der Waals surface area contributed by atoms with Crippen LogP contribution in [0, 0.1) is 17.3 Å². The number of aliphatic hydroxyl groups is 1. The number of amides is 2. The molecule has 0 aromatic carbocycles. The summed E-state index contributed by atoms with van der Waals surface area (Å²) >= 11 is 11.7. The van der Waals surface area contributed by atoms with Gasteiger partial charge in [-0.2, -0.15) is 0 Å². The van der Waals surface area contributed by atoms with Crippen molar-refractivity contribution in [2.45, 2.75) is 47.5 Å². The van der Waals surface area contributed by atoms with Gasteiger partial charge in [-0.25, -0.2) is 4.39 Å². The number of hydrogen-bond donors (Lipinski definition) is 4. The zero-order valence-corrected chi connectivity index (χ0v) is 24.2. The molecule has 37 heavy (non-hydrogen) atoms. The quantitative estimate of drug-likeness (QED) is 0.129. The molecule has 2 amide bonds. The van der Waals surface area contributed by atoms with Crippen molar-refractivity contribution in [3.63, 3.8) is 0 Å². The molecule has 9 heteroatoms. The van der Waals surface area contributed by atoms with Crippen LogP contribution in [0.4, 0.5) is 4.39 Å². The van der Waals surface area contributed by atoms with Gasteiger partial charge >= 0.3 is 0 Å². The van der Waals surface area contributed by atoms with E-state index in [0.717, 1.165) is 19.5 Å². The summed E-state index contributed by atoms with van der Waals surface area (Å²) < 4.78 is 14.0. The van der Waals surface area contributed by atoms with E-state index in [9.17, 15) is 14.0 Å². The van der Waals surface area contributed by atoms with Gasteiger partial charge in [0.2, 0.25) is 12.8 Å². The molecule has 1 saturated heterocycles. The van der Waals surface area contributed by atoms with Crippen molar-refractivity contribution in [3.05, 3.63) is 70.7 Å². The minimum absolute atomic E-state index is 0.0466. The van der Waals surface area contributed by atoms with Crippen LogP contribution in [0.1, 0.15) is 47.5 Å². The molecule has 4 N–H and O–H groups in total. The van der Waals surface area contributed by atoms with Gasteiger partial charge in [-0.15, -0.1) is 0 Å². The molecule has 0 aromatic rings.